The van der Waals surface area contributed by atoms with E-state index >= 15 is 0 Å². The van der Waals surface area contributed by atoms with Crippen molar-refractivity contribution in [3.8, 4) is 0 Å². The molecule has 2 nitrogen and oxygen atoms in total. The maximum Gasteiger partial charge on any atom is 0.0471 e. The Morgan fingerprint density at radius 3 is 2.35 bits per heavy atom. The van der Waals surface area contributed by atoms with Crippen LogP contribution in [-0.2, 0) is 6.54 Å². The molecule has 1 aromatic carbocycles. The van der Waals surface area contributed by atoms with E-state index < -0.39 is 0 Å². The van der Waals surface area contributed by atoms with Crippen molar-refractivity contribution in [2.24, 2.45) is 5.92 Å². The van der Waals surface area contributed by atoms with E-state index in [2.05, 4.69) is 70.0 Å². The smallest absolute Gasteiger partial charge is 0.0471 e. The summed E-state index contributed by atoms with van der Waals surface area (Å²) in [5.41, 5.74) is 2.48. The van der Waals surface area contributed by atoms with Gasteiger partial charge in [0.05, 0.1) is 0 Å². The molecule has 0 unspecified atom stereocenters. The highest BCUT2D eigenvalue weighted by atomic mass is 35.5. The predicted octanol–water partition coefficient (Wildman–Crippen LogP) is 4.71. The van der Waals surface area contributed by atoms with Crippen LogP contribution in [0.2, 0.25) is 5.02 Å². The molecule has 0 amide bonds. The second kappa shape index (κ2) is 7.33. The van der Waals surface area contributed by atoms with E-state index in [9.17, 15) is 0 Å². The Bertz CT molecular complexity index is 421. The SMILES string of the molecule is CCN(CC(C)C)c1ccc(CNC(C)(C)C)c(Cl)c1. The van der Waals surface area contributed by atoms with Gasteiger partial charge in [-0.1, -0.05) is 31.5 Å². The first-order valence-corrected chi connectivity index (χ1v) is 7.89. The zero-order chi connectivity index (χ0) is 15.3. The van der Waals surface area contributed by atoms with Gasteiger partial charge in [0.15, 0.2) is 0 Å². The maximum atomic E-state index is 6.43. The van der Waals surface area contributed by atoms with Crippen molar-refractivity contribution in [2.75, 3.05) is 18.0 Å². The first-order valence-electron chi connectivity index (χ1n) is 7.51. The predicted molar refractivity (Wildman–Crippen MR) is 90.8 cm³/mol. The van der Waals surface area contributed by atoms with Crippen LogP contribution in [0, 0.1) is 5.92 Å². The van der Waals surface area contributed by atoms with Crippen LogP contribution in [0.5, 0.6) is 0 Å². The summed E-state index contributed by atoms with van der Waals surface area (Å²) < 4.78 is 0. The van der Waals surface area contributed by atoms with Crippen LogP contribution in [-0.4, -0.2) is 18.6 Å². The number of anilines is 1. The zero-order valence-corrected chi connectivity index (χ0v) is 14.5. The Labute approximate surface area is 129 Å². The zero-order valence-electron chi connectivity index (χ0n) is 13.8. The number of halogens is 1. The van der Waals surface area contributed by atoms with Gasteiger partial charge >= 0.3 is 0 Å². The van der Waals surface area contributed by atoms with E-state index in [1.807, 2.05) is 0 Å². The second-order valence-corrected chi connectivity index (χ2v) is 7.22. The average molecular weight is 297 g/mol. The lowest BCUT2D eigenvalue weighted by Crippen LogP contribution is -2.35. The molecule has 0 aromatic heterocycles. The first kappa shape index (κ1) is 17.3. The summed E-state index contributed by atoms with van der Waals surface area (Å²) in [5.74, 6) is 0.649. The molecule has 1 rings (SSSR count). The van der Waals surface area contributed by atoms with E-state index in [-0.39, 0.29) is 5.54 Å². The van der Waals surface area contributed by atoms with Gasteiger partial charge in [-0.2, -0.15) is 0 Å². The van der Waals surface area contributed by atoms with Crippen molar-refractivity contribution in [2.45, 2.75) is 53.6 Å². The van der Waals surface area contributed by atoms with E-state index in [1.54, 1.807) is 0 Å². The van der Waals surface area contributed by atoms with Crippen LogP contribution in [0.25, 0.3) is 0 Å². The van der Waals surface area contributed by atoms with E-state index in [1.165, 1.54) is 5.69 Å². The molecule has 0 atom stereocenters. The third-order valence-electron chi connectivity index (χ3n) is 3.18. The molecule has 0 aliphatic rings. The lowest BCUT2D eigenvalue weighted by molar-refractivity contribution is 0.424. The van der Waals surface area contributed by atoms with Gasteiger partial charge < -0.3 is 10.2 Å². The normalized spacial score (nSPS) is 12.0. The van der Waals surface area contributed by atoms with Crippen molar-refractivity contribution >= 4 is 17.3 Å². The fourth-order valence-electron chi connectivity index (χ4n) is 2.09. The number of hydrogen-bond acceptors (Lipinski definition) is 2. The van der Waals surface area contributed by atoms with Gasteiger partial charge in [-0.05, 0) is 51.3 Å². The van der Waals surface area contributed by atoms with Crippen LogP contribution >= 0.6 is 11.6 Å². The maximum absolute atomic E-state index is 6.43. The van der Waals surface area contributed by atoms with Crippen molar-refractivity contribution in [1.29, 1.82) is 0 Å². The van der Waals surface area contributed by atoms with Gasteiger partial charge in [0.2, 0.25) is 0 Å². The molecular weight excluding hydrogens is 268 g/mol. The van der Waals surface area contributed by atoms with Gasteiger partial charge in [0.25, 0.3) is 0 Å². The Kier molecular flexibility index (Phi) is 6.35. The van der Waals surface area contributed by atoms with E-state index in [0.717, 1.165) is 30.2 Å². The molecule has 0 spiro atoms. The van der Waals surface area contributed by atoms with Crippen molar-refractivity contribution in [3.63, 3.8) is 0 Å². The minimum atomic E-state index is 0.106. The first-order chi connectivity index (χ1) is 9.23. The fraction of sp³-hybridized carbons (Fsp3) is 0.647. The fourth-order valence-corrected chi connectivity index (χ4v) is 2.34. The summed E-state index contributed by atoms with van der Waals surface area (Å²) in [6.45, 7) is 16.0. The number of hydrogen-bond donors (Lipinski definition) is 1. The van der Waals surface area contributed by atoms with Crippen LogP contribution in [0.4, 0.5) is 5.69 Å². The summed E-state index contributed by atoms with van der Waals surface area (Å²) in [6, 6.07) is 6.41. The molecule has 20 heavy (non-hydrogen) atoms. The molecule has 0 saturated carbocycles. The molecule has 114 valence electrons. The number of nitrogens with one attached hydrogen (secondary N) is 1. The molecule has 0 heterocycles. The lowest BCUT2D eigenvalue weighted by atomic mass is 10.1. The molecule has 1 aromatic rings. The molecule has 0 saturated heterocycles. The van der Waals surface area contributed by atoms with Gasteiger partial charge in [-0.25, -0.2) is 0 Å². The van der Waals surface area contributed by atoms with Gasteiger partial charge in [0, 0.05) is 35.9 Å². The van der Waals surface area contributed by atoms with Crippen LogP contribution in [0.3, 0.4) is 0 Å². The summed E-state index contributed by atoms with van der Waals surface area (Å²) in [5, 5.41) is 4.32. The van der Waals surface area contributed by atoms with Crippen LogP contribution in [0.1, 0.15) is 47.1 Å². The molecule has 1 N–H and O–H groups in total. The number of nitrogens with zero attached hydrogens (tertiary/aromatic N) is 1. The molecule has 0 aliphatic carbocycles. The summed E-state index contributed by atoms with van der Waals surface area (Å²) in [4.78, 5) is 2.37. The standard InChI is InChI=1S/C17H29ClN2/c1-7-20(12-13(2)3)15-9-8-14(16(18)10-15)11-19-17(4,5)6/h8-10,13,19H,7,11-12H2,1-6H3. The van der Waals surface area contributed by atoms with Crippen LogP contribution < -0.4 is 10.2 Å². The molecule has 0 radical (unpaired) electrons. The minimum absolute atomic E-state index is 0.106. The largest absolute Gasteiger partial charge is 0.372 e. The monoisotopic (exact) mass is 296 g/mol. The Morgan fingerprint density at radius 1 is 1.25 bits per heavy atom. The van der Waals surface area contributed by atoms with Gasteiger partial charge in [-0.15, -0.1) is 0 Å². The lowest BCUT2D eigenvalue weighted by Gasteiger charge is -2.26. The summed E-state index contributed by atoms with van der Waals surface area (Å²) in [7, 11) is 0. The second-order valence-electron chi connectivity index (χ2n) is 6.81. The third kappa shape index (κ3) is 5.72. The molecular formula is C17H29ClN2. The van der Waals surface area contributed by atoms with Crippen molar-refractivity contribution < 1.29 is 0 Å². The highest BCUT2D eigenvalue weighted by Crippen LogP contribution is 2.24. The van der Waals surface area contributed by atoms with E-state index in [4.69, 9.17) is 11.6 Å². The third-order valence-corrected chi connectivity index (χ3v) is 3.53. The van der Waals surface area contributed by atoms with Crippen LogP contribution in [0.15, 0.2) is 18.2 Å². The van der Waals surface area contributed by atoms with Gasteiger partial charge in [-0.3, -0.25) is 0 Å². The summed E-state index contributed by atoms with van der Waals surface area (Å²) in [6.07, 6.45) is 0. The number of rotatable bonds is 6. The Morgan fingerprint density at radius 2 is 1.90 bits per heavy atom. The highest BCUT2D eigenvalue weighted by Gasteiger charge is 2.12. The molecule has 0 fully saturated rings. The van der Waals surface area contributed by atoms with E-state index in [0.29, 0.717) is 5.92 Å². The molecule has 0 aliphatic heterocycles. The quantitative estimate of drug-likeness (QED) is 0.818. The van der Waals surface area contributed by atoms with Crippen molar-refractivity contribution in [3.05, 3.63) is 28.8 Å². The highest BCUT2D eigenvalue weighted by molar-refractivity contribution is 6.31. The molecule has 3 heteroatoms. The number of benzene rings is 1. The average Bonchev–Trinajstić information content (AvgIpc) is 2.33. The Hall–Kier alpha value is -0.730. The summed E-state index contributed by atoms with van der Waals surface area (Å²) >= 11 is 6.43. The minimum Gasteiger partial charge on any atom is -0.372 e. The molecule has 0 bridgehead atoms. The van der Waals surface area contributed by atoms with Gasteiger partial charge in [0.1, 0.15) is 0 Å². The Balaban J connectivity index is 2.81. The topological polar surface area (TPSA) is 15.3 Å². The van der Waals surface area contributed by atoms with Crippen molar-refractivity contribution in [1.82, 2.24) is 5.32 Å².